The lowest BCUT2D eigenvalue weighted by molar-refractivity contribution is -0.207. The molecule has 0 aliphatic carbocycles. The average Bonchev–Trinajstić information content (AvgIpc) is 3.39. The number of hydrogen-bond acceptors (Lipinski definition) is 11. The Bertz CT molecular complexity index is 1750. The lowest BCUT2D eigenvalue weighted by Gasteiger charge is -2.43. The Morgan fingerprint density at radius 1 is 0.957 bits per heavy atom. The van der Waals surface area contributed by atoms with Crippen LogP contribution in [-0.2, 0) is 38.6 Å². The third-order valence-electron chi connectivity index (χ3n) is 8.50. The molecule has 0 bridgehead atoms. The van der Waals surface area contributed by atoms with Crippen molar-refractivity contribution in [3.8, 4) is 0 Å². The zero-order chi connectivity index (χ0) is 32.5. The number of nitrogens with zero attached hydrogens (tertiary/aromatic N) is 4. The van der Waals surface area contributed by atoms with Crippen LogP contribution < -0.4 is 4.90 Å². The molecule has 0 N–H and O–H groups in total. The number of hydrogen-bond donors (Lipinski definition) is 0. The van der Waals surface area contributed by atoms with Gasteiger partial charge < -0.3 is 23.8 Å². The molecule has 3 saturated heterocycles. The number of rotatable bonds is 8. The molecule has 6 rings (SSSR count). The van der Waals surface area contributed by atoms with E-state index in [1.54, 1.807) is 43.6 Å². The highest BCUT2D eigenvalue weighted by Crippen LogP contribution is 2.45. The number of halogens is 1. The quantitative estimate of drug-likeness (QED) is 0.257. The Labute approximate surface area is 270 Å². The standard InChI is InChI=1S/C31H33ClN4O9S/c1-2-42-29(39)44-16-15-43-28(38)31-21-35(46(40,41)26-6-4-22-17-24(32)5-3-23(22)18-26)19-27(37)36(31)20-30(45-31)9-13-34(14-10-30)25-7-11-33-12-8-25/h3-8,11-12,17-18H,2,9-10,13-16,19-21H2,1H3. The van der Waals surface area contributed by atoms with Crippen LogP contribution in [0.25, 0.3) is 10.8 Å². The van der Waals surface area contributed by atoms with E-state index in [2.05, 4.69) is 9.88 Å². The van der Waals surface area contributed by atoms with E-state index in [0.717, 1.165) is 15.4 Å². The highest BCUT2D eigenvalue weighted by molar-refractivity contribution is 7.89. The molecule has 1 spiro atoms. The molecule has 0 saturated carbocycles. The van der Waals surface area contributed by atoms with E-state index in [-0.39, 0.29) is 31.3 Å². The summed E-state index contributed by atoms with van der Waals surface area (Å²) in [5.41, 5.74) is -1.97. The topological polar surface area (TPSA) is 145 Å². The molecular formula is C31H33ClN4O9S. The van der Waals surface area contributed by atoms with Crippen molar-refractivity contribution >= 4 is 56.1 Å². The number of sulfonamides is 1. The van der Waals surface area contributed by atoms with Gasteiger partial charge in [0.2, 0.25) is 15.9 Å². The third kappa shape index (κ3) is 6.09. The molecule has 46 heavy (non-hydrogen) atoms. The van der Waals surface area contributed by atoms with Crippen LogP contribution in [0.4, 0.5) is 10.5 Å². The van der Waals surface area contributed by atoms with Gasteiger partial charge in [-0.15, -0.1) is 0 Å². The Hall–Kier alpha value is -3.98. The van der Waals surface area contributed by atoms with Gasteiger partial charge in [-0.3, -0.25) is 14.7 Å². The predicted octanol–water partition coefficient (Wildman–Crippen LogP) is 3.20. The van der Waals surface area contributed by atoms with E-state index in [0.29, 0.717) is 36.3 Å². The maximum atomic E-state index is 14.0. The van der Waals surface area contributed by atoms with Crippen molar-refractivity contribution in [2.24, 2.45) is 0 Å². The number of anilines is 1. The summed E-state index contributed by atoms with van der Waals surface area (Å²) in [6, 6.07) is 13.5. The smallest absolute Gasteiger partial charge is 0.458 e. The van der Waals surface area contributed by atoms with Crippen molar-refractivity contribution in [2.75, 3.05) is 57.4 Å². The first-order valence-electron chi connectivity index (χ1n) is 14.9. The van der Waals surface area contributed by atoms with E-state index in [1.807, 2.05) is 12.1 Å². The minimum atomic E-state index is -4.27. The second-order valence-corrected chi connectivity index (χ2v) is 13.7. The van der Waals surface area contributed by atoms with Crippen molar-refractivity contribution in [1.29, 1.82) is 0 Å². The molecule has 0 radical (unpaired) electrons. The van der Waals surface area contributed by atoms with Crippen LogP contribution in [-0.4, -0.2) is 105 Å². The SMILES string of the molecule is CCOC(=O)OCCOC(=O)C12CN(S(=O)(=O)c3ccc4cc(Cl)ccc4c3)CC(=O)N1CC1(CCN(c3ccncc3)CC1)O2. The number of aromatic nitrogens is 1. The van der Waals surface area contributed by atoms with Crippen LogP contribution in [0.5, 0.6) is 0 Å². The molecule has 15 heteroatoms. The minimum Gasteiger partial charge on any atom is -0.458 e. The van der Waals surface area contributed by atoms with Gasteiger partial charge >= 0.3 is 12.1 Å². The van der Waals surface area contributed by atoms with Gasteiger partial charge in [0.15, 0.2) is 0 Å². The summed E-state index contributed by atoms with van der Waals surface area (Å²) in [4.78, 5) is 46.7. The lowest BCUT2D eigenvalue weighted by atomic mass is 9.91. The number of piperazine rings is 1. The molecule has 1 atom stereocenters. The summed E-state index contributed by atoms with van der Waals surface area (Å²) in [5.74, 6) is -1.54. The number of amides is 1. The maximum absolute atomic E-state index is 14.0. The second kappa shape index (κ2) is 12.7. The van der Waals surface area contributed by atoms with Crippen molar-refractivity contribution in [1.82, 2.24) is 14.2 Å². The summed E-state index contributed by atoms with van der Waals surface area (Å²) in [5, 5.41) is 1.90. The summed E-state index contributed by atoms with van der Waals surface area (Å²) >= 11 is 6.10. The fourth-order valence-electron chi connectivity index (χ4n) is 6.21. The van der Waals surface area contributed by atoms with Crippen molar-refractivity contribution in [3.05, 3.63) is 65.9 Å². The molecule has 3 aliphatic heterocycles. The first kappa shape index (κ1) is 32.0. The fraction of sp³-hybridized carbons (Fsp3) is 0.419. The van der Waals surface area contributed by atoms with Gasteiger partial charge in [0.05, 0.1) is 36.7 Å². The zero-order valence-corrected chi connectivity index (χ0v) is 26.7. The highest BCUT2D eigenvalue weighted by atomic mass is 35.5. The zero-order valence-electron chi connectivity index (χ0n) is 25.1. The van der Waals surface area contributed by atoms with E-state index < -0.39 is 52.5 Å². The summed E-state index contributed by atoms with van der Waals surface area (Å²) in [6.45, 7) is 1.37. The Morgan fingerprint density at radius 3 is 2.39 bits per heavy atom. The van der Waals surface area contributed by atoms with Crippen LogP contribution in [0.1, 0.15) is 19.8 Å². The van der Waals surface area contributed by atoms with E-state index in [4.69, 9.17) is 30.5 Å². The van der Waals surface area contributed by atoms with Crippen LogP contribution >= 0.6 is 11.6 Å². The van der Waals surface area contributed by atoms with Crippen LogP contribution in [0, 0.1) is 0 Å². The molecule has 3 aliphatic rings. The van der Waals surface area contributed by atoms with Crippen LogP contribution in [0.3, 0.4) is 0 Å². The minimum absolute atomic E-state index is 0.0479. The van der Waals surface area contributed by atoms with E-state index in [9.17, 15) is 22.8 Å². The number of benzene rings is 2. The van der Waals surface area contributed by atoms with Crippen LogP contribution in [0.2, 0.25) is 5.02 Å². The normalized spacial score (nSPS) is 21.3. The summed E-state index contributed by atoms with van der Waals surface area (Å²) < 4.78 is 50.7. The first-order chi connectivity index (χ1) is 22.0. The Balaban J connectivity index is 1.27. The largest absolute Gasteiger partial charge is 0.508 e. The third-order valence-corrected chi connectivity index (χ3v) is 10.5. The van der Waals surface area contributed by atoms with Crippen molar-refractivity contribution in [3.63, 3.8) is 0 Å². The number of piperidine rings is 1. The Morgan fingerprint density at radius 2 is 1.65 bits per heavy atom. The molecule has 1 unspecified atom stereocenters. The van der Waals surface area contributed by atoms with Gasteiger partial charge in [-0.05, 0) is 66.9 Å². The van der Waals surface area contributed by atoms with E-state index in [1.165, 1.54) is 17.0 Å². The molecule has 3 aromatic rings. The second-order valence-electron chi connectivity index (χ2n) is 11.3. The van der Waals surface area contributed by atoms with Crippen molar-refractivity contribution in [2.45, 2.75) is 36.0 Å². The van der Waals surface area contributed by atoms with Gasteiger partial charge in [0.25, 0.3) is 5.72 Å². The van der Waals surface area contributed by atoms with Gasteiger partial charge in [0, 0.05) is 36.2 Å². The van der Waals surface area contributed by atoms with Gasteiger partial charge in [-0.2, -0.15) is 4.31 Å². The molecule has 1 amide bonds. The average molecular weight is 673 g/mol. The molecule has 244 valence electrons. The van der Waals surface area contributed by atoms with E-state index >= 15 is 0 Å². The predicted molar refractivity (Wildman–Crippen MR) is 166 cm³/mol. The number of carbonyl (C=O) groups excluding carboxylic acids is 3. The maximum Gasteiger partial charge on any atom is 0.508 e. The number of ether oxygens (including phenoxy) is 4. The molecule has 13 nitrogen and oxygen atoms in total. The monoisotopic (exact) mass is 672 g/mol. The molecular weight excluding hydrogens is 640 g/mol. The molecule has 3 fully saturated rings. The number of carbonyl (C=O) groups is 3. The summed E-state index contributed by atoms with van der Waals surface area (Å²) in [6.07, 6.45) is 3.45. The van der Waals surface area contributed by atoms with Crippen LogP contribution in [0.15, 0.2) is 65.8 Å². The molecule has 1 aromatic heterocycles. The van der Waals surface area contributed by atoms with Gasteiger partial charge in [0.1, 0.15) is 13.2 Å². The Kier molecular flexibility index (Phi) is 8.81. The summed E-state index contributed by atoms with van der Waals surface area (Å²) in [7, 11) is -4.27. The fourth-order valence-corrected chi connectivity index (χ4v) is 7.83. The molecule has 2 aromatic carbocycles. The van der Waals surface area contributed by atoms with Crippen molar-refractivity contribution < 1.29 is 41.7 Å². The number of fused-ring (bicyclic) bond motifs is 2. The highest BCUT2D eigenvalue weighted by Gasteiger charge is 2.65. The number of esters is 1. The number of pyridine rings is 1. The lowest BCUT2D eigenvalue weighted by Crippen LogP contribution is -2.67. The van der Waals surface area contributed by atoms with Gasteiger partial charge in [-0.1, -0.05) is 23.7 Å². The van der Waals surface area contributed by atoms with Gasteiger partial charge in [-0.25, -0.2) is 18.0 Å². The molecule has 4 heterocycles. The first-order valence-corrected chi connectivity index (χ1v) is 16.7.